The number of furan rings is 1. The summed E-state index contributed by atoms with van der Waals surface area (Å²) in [6.07, 6.45) is 5.25. The van der Waals surface area contributed by atoms with Gasteiger partial charge >= 0.3 is 0 Å². The van der Waals surface area contributed by atoms with Crippen LogP contribution < -0.4 is 5.32 Å². The molecule has 3 aromatic rings. The van der Waals surface area contributed by atoms with Crippen molar-refractivity contribution in [2.75, 3.05) is 19.6 Å². The second-order valence-corrected chi connectivity index (χ2v) is 6.75. The van der Waals surface area contributed by atoms with Gasteiger partial charge in [-0.25, -0.2) is 4.39 Å². The number of H-pyrrole nitrogens is 1. The van der Waals surface area contributed by atoms with Gasteiger partial charge in [0.15, 0.2) is 0 Å². The molecule has 2 N–H and O–H groups in total. The number of aromatic nitrogens is 1. The van der Waals surface area contributed by atoms with E-state index < -0.39 is 0 Å². The number of benzene rings is 1. The molecule has 1 aromatic carbocycles. The number of amides is 1. The maximum absolute atomic E-state index is 13.3. The number of piperidine rings is 1. The van der Waals surface area contributed by atoms with E-state index in [2.05, 4.69) is 15.2 Å². The zero-order chi connectivity index (χ0) is 17.9. The van der Waals surface area contributed by atoms with Crippen LogP contribution in [0.5, 0.6) is 0 Å². The first-order valence-electron chi connectivity index (χ1n) is 9.04. The third-order valence-corrected chi connectivity index (χ3v) is 4.99. The summed E-state index contributed by atoms with van der Waals surface area (Å²) >= 11 is 0. The van der Waals surface area contributed by atoms with Gasteiger partial charge < -0.3 is 14.7 Å². The second kappa shape index (κ2) is 7.33. The Balaban J connectivity index is 1.48. The Morgan fingerprint density at radius 1 is 1.23 bits per heavy atom. The highest BCUT2D eigenvalue weighted by atomic mass is 19.1. The first-order valence-corrected chi connectivity index (χ1v) is 9.04. The fourth-order valence-corrected chi connectivity index (χ4v) is 3.63. The maximum atomic E-state index is 13.3. The lowest BCUT2D eigenvalue weighted by Gasteiger charge is -2.33. The first-order chi connectivity index (χ1) is 12.7. The molecule has 6 heteroatoms. The van der Waals surface area contributed by atoms with E-state index in [9.17, 15) is 9.18 Å². The molecule has 0 radical (unpaired) electrons. The highest BCUT2D eigenvalue weighted by Crippen LogP contribution is 2.25. The molecule has 1 aliphatic rings. The van der Waals surface area contributed by atoms with Crippen molar-refractivity contribution in [3.8, 4) is 0 Å². The SMILES string of the molecule is O=C(NCC(c1ccco1)N1CCCCC1)c1cc2cc(F)ccc2[nH]1. The first kappa shape index (κ1) is 16.8. The van der Waals surface area contributed by atoms with E-state index in [-0.39, 0.29) is 17.8 Å². The molecule has 5 nitrogen and oxygen atoms in total. The molecule has 3 heterocycles. The number of rotatable bonds is 5. The van der Waals surface area contributed by atoms with Gasteiger partial charge in [-0.3, -0.25) is 9.69 Å². The van der Waals surface area contributed by atoms with Gasteiger partial charge in [-0.05, 0) is 62.3 Å². The van der Waals surface area contributed by atoms with E-state index in [1.165, 1.54) is 31.4 Å². The summed E-state index contributed by atoms with van der Waals surface area (Å²) < 4.78 is 18.9. The Kier molecular flexibility index (Phi) is 4.75. The Morgan fingerprint density at radius 2 is 2.08 bits per heavy atom. The summed E-state index contributed by atoms with van der Waals surface area (Å²) in [5.41, 5.74) is 1.18. The predicted molar refractivity (Wildman–Crippen MR) is 97.5 cm³/mol. The number of likely N-dealkylation sites (tertiary alicyclic amines) is 1. The molecule has 1 unspecified atom stereocenters. The number of nitrogens with one attached hydrogen (secondary N) is 2. The molecule has 1 aliphatic heterocycles. The largest absolute Gasteiger partial charge is 0.468 e. The number of aromatic amines is 1. The van der Waals surface area contributed by atoms with Crippen molar-refractivity contribution < 1.29 is 13.6 Å². The van der Waals surface area contributed by atoms with Crippen LogP contribution >= 0.6 is 0 Å². The molecular formula is C20H22FN3O2. The molecule has 0 spiro atoms. The zero-order valence-corrected chi connectivity index (χ0v) is 14.5. The number of carbonyl (C=O) groups is 1. The van der Waals surface area contributed by atoms with Gasteiger partial charge in [0.25, 0.3) is 5.91 Å². The minimum Gasteiger partial charge on any atom is -0.468 e. The van der Waals surface area contributed by atoms with E-state index in [0.29, 0.717) is 17.6 Å². The van der Waals surface area contributed by atoms with Gasteiger partial charge in [0.1, 0.15) is 17.3 Å². The average Bonchev–Trinajstić information content (AvgIpc) is 3.32. The summed E-state index contributed by atoms with van der Waals surface area (Å²) in [6, 6.07) is 9.97. The zero-order valence-electron chi connectivity index (χ0n) is 14.5. The van der Waals surface area contributed by atoms with Crippen molar-refractivity contribution in [1.82, 2.24) is 15.2 Å². The van der Waals surface area contributed by atoms with E-state index in [1.54, 1.807) is 18.4 Å². The van der Waals surface area contributed by atoms with Gasteiger partial charge in [-0.15, -0.1) is 0 Å². The monoisotopic (exact) mass is 355 g/mol. The van der Waals surface area contributed by atoms with Crippen LogP contribution in [0.2, 0.25) is 0 Å². The minimum atomic E-state index is -0.313. The van der Waals surface area contributed by atoms with E-state index >= 15 is 0 Å². The van der Waals surface area contributed by atoms with Gasteiger partial charge in [0.2, 0.25) is 0 Å². The van der Waals surface area contributed by atoms with Crippen LogP contribution in [0.1, 0.15) is 41.6 Å². The summed E-state index contributed by atoms with van der Waals surface area (Å²) in [6.45, 7) is 2.48. The summed E-state index contributed by atoms with van der Waals surface area (Å²) in [4.78, 5) is 18.0. The summed E-state index contributed by atoms with van der Waals surface area (Å²) in [5.74, 6) is 0.354. The Hall–Kier alpha value is -2.60. The Labute approximate surface area is 151 Å². The van der Waals surface area contributed by atoms with Crippen LogP contribution in [0.3, 0.4) is 0 Å². The van der Waals surface area contributed by atoms with Crippen LogP contribution in [0.4, 0.5) is 4.39 Å². The fourth-order valence-electron chi connectivity index (χ4n) is 3.63. The Morgan fingerprint density at radius 3 is 2.85 bits per heavy atom. The number of nitrogens with zero attached hydrogens (tertiary/aromatic N) is 1. The van der Waals surface area contributed by atoms with Crippen LogP contribution in [-0.2, 0) is 0 Å². The number of carbonyl (C=O) groups excluding carboxylic acids is 1. The van der Waals surface area contributed by atoms with E-state index in [4.69, 9.17) is 4.42 Å². The number of hydrogen-bond donors (Lipinski definition) is 2. The quantitative estimate of drug-likeness (QED) is 0.731. The van der Waals surface area contributed by atoms with Crippen LogP contribution in [0.15, 0.2) is 47.1 Å². The van der Waals surface area contributed by atoms with Crippen molar-refractivity contribution in [3.63, 3.8) is 0 Å². The van der Waals surface area contributed by atoms with E-state index in [0.717, 1.165) is 24.4 Å². The number of halogens is 1. The number of hydrogen-bond acceptors (Lipinski definition) is 3. The number of fused-ring (bicyclic) bond motifs is 1. The van der Waals surface area contributed by atoms with Crippen molar-refractivity contribution >= 4 is 16.8 Å². The van der Waals surface area contributed by atoms with Gasteiger partial charge in [-0.2, -0.15) is 0 Å². The molecule has 0 aliphatic carbocycles. The molecule has 136 valence electrons. The second-order valence-electron chi connectivity index (χ2n) is 6.75. The van der Waals surface area contributed by atoms with Crippen LogP contribution in [0.25, 0.3) is 10.9 Å². The van der Waals surface area contributed by atoms with Crippen molar-refractivity contribution in [1.29, 1.82) is 0 Å². The third kappa shape index (κ3) is 3.51. The molecule has 0 bridgehead atoms. The molecule has 26 heavy (non-hydrogen) atoms. The van der Waals surface area contributed by atoms with Crippen LogP contribution in [-0.4, -0.2) is 35.4 Å². The lowest BCUT2D eigenvalue weighted by atomic mass is 10.1. The average molecular weight is 355 g/mol. The smallest absolute Gasteiger partial charge is 0.267 e. The highest BCUT2D eigenvalue weighted by Gasteiger charge is 2.25. The molecule has 2 aromatic heterocycles. The molecule has 1 amide bonds. The van der Waals surface area contributed by atoms with Crippen molar-refractivity contribution in [3.05, 3.63) is 59.9 Å². The summed E-state index contributed by atoms with van der Waals surface area (Å²) in [5, 5.41) is 3.68. The lowest BCUT2D eigenvalue weighted by Crippen LogP contribution is -2.40. The maximum Gasteiger partial charge on any atom is 0.267 e. The van der Waals surface area contributed by atoms with Gasteiger partial charge in [0.05, 0.1) is 12.3 Å². The molecule has 1 atom stereocenters. The lowest BCUT2D eigenvalue weighted by molar-refractivity contribution is 0.0910. The molecule has 4 rings (SSSR count). The predicted octanol–water partition coefficient (Wildman–Crippen LogP) is 3.86. The molecule has 1 saturated heterocycles. The normalized spacial score (nSPS) is 16.7. The molecule has 0 saturated carbocycles. The fraction of sp³-hybridized carbons (Fsp3) is 0.350. The van der Waals surface area contributed by atoms with Gasteiger partial charge in [-0.1, -0.05) is 6.42 Å². The molecular weight excluding hydrogens is 333 g/mol. The minimum absolute atomic E-state index is 0.0241. The van der Waals surface area contributed by atoms with Crippen LogP contribution in [0, 0.1) is 5.82 Å². The standard InChI is InChI=1S/C20H22FN3O2/c21-15-6-7-16-14(11-15)12-17(23-16)20(25)22-13-18(19-5-4-10-26-19)24-8-2-1-3-9-24/h4-7,10-12,18,23H,1-3,8-9,13H2,(H,22,25). The van der Waals surface area contributed by atoms with Crippen molar-refractivity contribution in [2.45, 2.75) is 25.3 Å². The highest BCUT2D eigenvalue weighted by molar-refractivity contribution is 5.98. The Bertz CT molecular complexity index is 882. The van der Waals surface area contributed by atoms with Gasteiger partial charge in [0, 0.05) is 17.4 Å². The topological polar surface area (TPSA) is 61.3 Å². The molecule has 1 fully saturated rings. The summed E-state index contributed by atoms with van der Waals surface area (Å²) in [7, 11) is 0. The third-order valence-electron chi connectivity index (χ3n) is 4.99. The van der Waals surface area contributed by atoms with E-state index in [1.807, 2.05) is 12.1 Å². The van der Waals surface area contributed by atoms with Crippen molar-refractivity contribution in [2.24, 2.45) is 0 Å².